The van der Waals surface area contributed by atoms with E-state index in [4.69, 9.17) is 32.7 Å². The average molecular weight is 333 g/mol. The lowest BCUT2D eigenvalue weighted by molar-refractivity contribution is 0.124. The molecule has 0 unspecified atom stereocenters. The number of methoxy groups -OCH3 is 2. The molecule has 1 heterocycles. The number of aromatic nitrogens is 2. The molecule has 0 amide bonds. The predicted octanol–water partition coefficient (Wildman–Crippen LogP) is 4.09. The van der Waals surface area contributed by atoms with E-state index in [1.54, 1.807) is 30.5 Å². The van der Waals surface area contributed by atoms with E-state index in [2.05, 4.69) is 4.98 Å². The molecular weight excluding hydrogens is 319 g/mol. The lowest BCUT2D eigenvalue weighted by atomic mass is 10.2. The summed E-state index contributed by atoms with van der Waals surface area (Å²) in [6.45, 7) is 0.323. The van der Waals surface area contributed by atoms with Gasteiger partial charge in [0, 0.05) is 12.9 Å². The number of halogens is 2. The minimum Gasteiger partial charge on any atom is -0.497 e. The number of thioether (sulfide) groups is 1. The van der Waals surface area contributed by atoms with Crippen molar-refractivity contribution in [1.82, 2.24) is 9.55 Å². The van der Waals surface area contributed by atoms with Gasteiger partial charge in [0.1, 0.15) is 12.5 Å². The largest absolute Gasteiger partial charge is 0.497 e. The van der Waals surface area contributed by atoms with Crippen LogP contribution in [0.25, 0.3) is 0 Å². The zero-order valence-electron chi connectivity index (χ0n) is 11.1. The Hall–Kier alpha value is -0.880. The Bertz CT molecular complexity index is 572. The van der Waals surface area contributed by atoms with Crippen LogP contribution in [0.4, 0.5) is 0 Å². The van der Waals surface area contributed by atoms with Gasteiger partial charge in [0.05, 0.1) is 7.11 Å². The van der Waals surface area contributed by atoms with Gasteiger partial charge in [-0.1, -0.05) is 47.1 Å². The van der Waals surface area contributed by atoms with Crippen LogP contribution in [-0.4, -0.2) is 23.8 Å². The molecule has 0 aliphatic rings. The van der Waals surface area contributed by atoms with Gasteiger partial charge in [-0.15, -0.1) is 0 Å². The summed E-state index contributed by atoms with van der Waals surface area (Å²) in [5, 5.41) is 1.42. The summed E-state index contributed by atoms with van der Waals surface area (Å²) in [4.78, 5) is 4.23. The molecule has 1 aromatic carbocycles. The van der Waals surface area contributed by atoms with E-state index in [0.29, 0.717) is 17.0 Å². The lowest BCUT2D eigenvalue weighted by Gasteiger charge is -2.07. The highest BCUT2D eigenvalue weighted by Crippen LogP contribution is 2.30. The number of rotatable bonds is 6. The number of hydrogen-bond donors (Lipinski definition) is 0. The van der Waals surface area contributed by atoms with Gasteiger partial charge in [0.2, 0.25) is 0 Å². The van der Waals surface area contributed by atoms with E-state index >= 15 is 0 Å². The van der Waals surface area contributed by atoms with Gasteiger partial charge < -0.3 is 9.47 Å². The van der Waals surface area contributed by atoms with E-state index in [0.717, 1.165) is 22.2 Å². The fraction of sp³-hybridized carbons (Fsp3) is 0.308. The molecule has 0 fully saturated rings. The average Bonchev–Trinajstić information content (AvgIpc) is 2.74. The van der Waals surface area contributed by atoms with Crippen molar-refractivity contribution in [3.8, 4) is 5.75 Å². The molecule has 0 atom stereocenters. The van der Waals surface area contributed by atoms with Gasteiger partial charge in [-0.25, -0.2) is 4.98 Å². The first-order valence-corrected chi connectivity index (χ1v) is 7.56. The van der Waals surface area contributed by atoms with Gasteiger partial charge in [-0.2, -0.15) is 0 Å². The van der Waals surface area contributed by atoms with Crippen LogP contribution in [0, 0.1) is 0 Å². The van der Waals surface area contributed by atoms with Crippen LogP contribution in [0.15, 0.2) is 29.4 Å². The monoisotopic (exact) mass is 332 g/mol. The fourth-order valence-corrected chi connectivity index (χ4v) is 3.00. The quantitative estimate of drug-likeness (QED) is 0.746. The molecule has 2 aromatic rings. The van der Waals surface area contributed by atoms with E-state index in [1.165, 1.54) is 0 Å². The number of imidazole rings is 1. The molecule has 0 bridgehead atoms. The van der Waals surface area contributed by atoms with Crippen LogP contribution in [0.5, 0.6) is 5.75 Å². The molecule has 108 valence electrons. The maximum absolute atomic E-state index is 6.07. The van der Waals surface area contributed by atoms with Crippen LogP contribution in [0.2, 0.25) is 10.3 Å². The number of ether oxygens (including phenoxy) is 2. The summed E-state index contributed by atoms with van der Waals surface area (Å²) in [7, 11) is 3.25. The minimum atomic E-state index is 0.293. The van der Waals surface area contributed by atoms with Crippen LogP contribution >= 0.6 is 35.0 Å². The highest BCUT2D eigenvalue weighted by molar-refractivity contribution is 7.98. The van der Waals surface area contributed by atoms with Crippen LogP contribution < -0.4 is 4.74 Å². The third-order valence-electron chi connectivity index (χ3n) is 2.62. The number of nitrogens with zero attached hydrogens (tertiary/aromatic N) is 2. The third-order valence-corrected chi connectivity index (χ3v) is 4.41. The van der Waals surface area contributed by atoms with Crippen molar-refractivity contribution >= 4 is 35.0 Å². The fourth-order valence-electron chi connectivity index (χ4n) is 1.61. The standard InChI is InChI=1S/C13H14Cl2N2O2S/c1-18-8-17-12(15)11(14)16-13(17)20-7-9-3-5-10(19-2)6-4-9/h3-6H,7-8H2,1-2H3. The minimum absolute atomic E-state index is 0.293. The summed E-state index contributed by atoms with van der Waals surface area (Å²) in [5.41, 5.74) is 1.16. The molecule has 0 saturated carbocycles. The second-order valence-corrected chi connectivity index (χ2v) is 5.62. The Balaban J connectivity index is 2.07. The second-order valence-electron chi connectivity index (χ2n) is 3.96. The Morgan fingerprint density at radius 1 is 1.20 bits per heavy atom. The smallest absolute Gasteiger partial charge is 0.172 e. The first kappa shape index (κ1) is 15.5. The highest BCUT2D eigenvalue weighted by atomic mass is 35.5. The van der Waals surface area contributed by atoms with E-state index in [1.807, 2.05) is 24.3 Å². The van der Waals surface area contributed by atoms with E-state index < -0.39 is 0 Å². The molecule has 0 aliphatic heterocycles. The summed E-state index contributed by atoms with van der Waals surface area (Å²) in [5.74, 6) is 1.60. The third kappa shape index (κ3) is 3.61. The zero-order valence-corrected chi connectivity index (χ0v) is 13.4. The number of hydrogen-bond acceptors (Lipinski definition) is 4. The summed E-state index contributed by atoms with van der Waals surface area (Å²) < 4.78 is 12.0. The zero-order chi connectivity index (χ0) is 14.5. The molecule has 1 aromatic heterocycles. The maximum atomic E-state index is 6.07. The summed E-state index contributed by atoms with van der Waals surface area (Å²) in [6.07, 6.45) is 0. The molecular formula is C13H14Cl2N2O2S. The number of benzene rings is 1. The Morgan fingerprint density at radius 2 is 1.90 bits per heavy atom. The van der Waals surface area contributed by atoms with Crippen molar-refractivity contribution < 1.29 is 9.47 Å². The van der Waals surface area contributed by atoms with Gasteiger partial charge in [0.25, 0.3) is 0 Å². The molecule has 4 nitrogen and oxygen atoms in total. The highest BCUT2D eigenvalue weighted by Gasteiger charge is 2.14. The van der Waals surface area contributed by atoms with Crippen LogP contribution in [-0.2, 0) is 17.2 Å². The molecule has 2 rings (SSSR count). The summed E-state index contributed by atoms with van der Waals surface area (Å²) >= 11 is 13.6. The maximum Gasteiger partial charge on any atom is 0.172 e. The van der Waals surface area contributed by atoms with Crippen molar-refractivity contribution in [2.45, 2.75) is 17.6 Å². The molecule has 20 heavy (non-hydrogen) atoms. The first-order valence-electron chi connectivity index (χ1n) is 5.82. The Labute approximate surface area is 132 Å². The molecule has 0 saturated heterocycles. The van der Waals surface area contributed by atoms with Gasteiger partial charge in [-0.05, 0) is 17.7 Å². The molecule has 0 aliphatic carbocycles. The molecule has 0 radical (unpaired) electrons. The van der Waals surface area contributed by atoms with Gasteiger partial charge >= 0.3 is 0 Å². The normalized spacial score (nSPS) is 10.8. The van der Waals surface area contributed by atoms with Crippen molar-refractivity contribution in [1.29, 1.82) is 0 Å². The molecule has 0 N–H and O–H groups in total. The van der Waals surface area contributed by atoms with Gasteiger partial charge in [-0.3, -0.25) is 4.57 Å². The summed E-state index contributed by atoms with van der Waals surface area (Å²) in [6, 6.07) is 7.88. The predicted molar refractivity (Wildman–Crippen MR) is 81.8 cm³/mol. The van der Waals surface area contributed by atoms with Crippen molar-refractivity contribution in [2.24, 2.45) is 0 Å². The Morgan fingerprint density at radius 3 is 2.50 bits per heavy atom. The van der Waals surface area contributed by atoms with Crippen molar-refractivity contribution in [3.05, 3.63) is 40.1 Å². The molecule has 0 spiro atoms. The van der Waals surface area contributed by atoms with Crippen LogP contribution in [0.1, 0.15) is 5.56 Å². The topological polar surface area (TPSA) is 36.3 Å². The second kappa shape index (κ2) is 7.22. The molecule has 7 heteroatoms. The van der Waals surface area contributed by atoms with Crippen LogP contribution in [0.3, 0.4) is 0 Å². The lowest BCUT2D eigenvalue weighted by Crippen LogP contribution is -2.01. The van der Waals surface area contributed by atoms with Crippen molar-refractivity contribution in [3.63, 3.8) is 0 Å². The van der Waals surface area contributed by atoms with Gasteiger partial charge in [0.15, 0.2) is 15.5 Å². The SMILES string of the molecule is COCn1c(SCc2ccc(OC)cc2)nc(Cl)c1Cl. The first-order chi connectivity index (χ1) is 9.65. The van der Waals surface area contributed by atoms with E-state index in [-0.39, 0.29) is 0 Å². The van der Waals surface area contributed by atoms with E-state index in [9.17, 15) is 0 Å². The Kier molecular flexibility index (Phi) is 5.60. The van der Waals surface area contributed by atoms with Crippen molar-refractivity contribution in [2.75, 3.05) is 14.2 Å².